The minimum absolute atomic E-state index is 0.0616. The van der Waals surface area contributed by atoms with Crippen LogP contribution in [0.1, 0.15) is 10.4 Å². The van der Waals surface area contributed by atoms with Gasteiger partial charge >= 0.3 is 0 Å². The Bertz CT molecular complexity index is 322. The SMILES string of the molecule is CN(C)CCNC(=O)c1ccc(Cl)cc1. The number of benzene rings is 1. The van der Waals surface area contributed by atoms with Crippen LogP contribution in [0, 0.1) is 0 Å². The molecule has 15 heavy (non-hydrogen) atoms. The fourth-order valence-electron chi connectivity index (χ4n) is 1.10. The van der Waals surface area contributed by atoms with Gasteiger partial charge in [-0.2, -0.15) is 0 Å². The first-order valence-corrected chi connectivity index (χ1v) is 5.16. The Balaban J connectivity index is 2.43. The van der Waals surface area contributed by atoms with Crippen LogP contribution in [0.25, 0.3) is 0 Å². The Hall–Kier alpha value is -1.06. The molecule has 0 spiro atoms. The van der Waals surface area contributed by atoms with Crippen molar-refractivity contribution >= 4 is 17.5 Å². The van der Waals surface area contributed by atoms with Crippen molar-refractivity contribution in [3.63, 3.8) is 0 Å². The molecule has 82 valence electrons. The van der Waals surface area contributed by atoms with Crippen molar-refractivity contribution in [3.8, 4) is 0 Å². The van der Waals surface area contributed by atoms with Crippen LogP contribution in [0.15, 0.2) is 24.3 Å². The molecule has 0 bridgehead atoms. The molecular formula is C11H15ClN2O. The van der Waals surface area contributed by atoms with Crippen molar-refractivity contribution in [3.05, 3.63) is 34.9 Å². The van der Waals surface area contributed by atoms with E-state index in [9.17, 15) is 4.79 Å². The summed E-state index contributed by atoms with van der Waals surface area (Å²) in [6.45, 7) is 1.48. The van der Waals surface area contributed by atoms with Gasteiger partial charge in [-0.15, -0.1) is 0 Å². The molecule has 0 saturated carbocycles. The highest BCUT2D eigenvalue weighted by Crippen LogP contribution is 2.08. The lowest BCUT2D eigenvalue weighted by Crippen LogP contribution is -2.31. The van der Waals surface area contributed by atoms with Gasteiger partial charge in [0.05, 0.1) is 0 Å². The van der Waals surface area contributed by atoms with Crippen LogP contribution < -0.4 is 5.32 Å². The van der Waals surface area contributed by atoms with E-state index >= 15 is 0 Å². The van der Waals surface area contributed by atoms with E-state index < -0.39 is 0 Å². The van der Waals surface area contributed by atoms with Gasteiger partial charge in [-0.25, -0.2) is 0 Å². The lowest BCUT2D eigenvalue weighted by Gasteiger charge is -2.10. The van der Waals surface area contributed by atoms with Crippen LogP contribution >= 0.6 is 11.6 Å². The Kier molecular flexibility index (Phi) is 4.59. The van der Waals surface area contributed by atoms with E-state index in [2.05, 4.69) is 5.32 Å². The van der Waals surface area contributed by atoms with Crippen LogP contribution in [0.2, 0.25) is 5.02 Å². The van der Waals surface area contributed by atoms with Crippen molar-refractivity contribution in [1.29, 1.82) is 0 Å². The van der Waals surface area contributed by atoms with Crippen LogP contribution in [-0.2, 0) is 0 Å². The third-order valence-electron chi connectivity index (χ3n) is 1.95. The van der Waals surface area contributed by atoms with E-state index in [1.165, 1.54) is 0 Å². The van der Waals surface area contributed by atoms with Crippen molar-refractivity contribution < 1.29 is 4.79 Å². The van der Waals surface area contributed by atoms with Crippen molar-refractivity contribution in [2.24, 2.45) is 0 Å². The van der Waals surface area contributed by atoms with E-state index in [-0.39, 0.29) is 5.91 Å². The molecule has 0 atom stereocenters. The molecule has 0 fully saturated rings. The number of hydrogen-bond donors (Lipinski definition) is 1. The molecule has 1 amide bonds. The molecule has 0 aliphatic rings. The van der Waals surface area contributed by atoms with Gasteiger partial charge in [0, 0.05) is 23.7 Å². The number of likely N-dealkylation sites (N-methyl/N-ethyl adjacent to an activating group) is 1. The number of hydrogen-bond acceptors (Lipinski definition) is 2. The third kappa shape index (κ3) is 4.32. The van der Waals surface area contributed by atoms with Crippen LogP contribution in [0.5, 0.6) is 0 Å². The first-order valence-electron chi connectivity index (χ1n) is 4.78. The van der Waals surface area contributed by atoms with E-state index in [0.29, 0.717) is 17.1 Å². The quantitative estimate of drug-likeness (QED) is 0.847. The van der Waals surface area contributed by atoms with Gasteiger partial charge in [0.25, 0.3) is 5.91 Å². The molecule has 3 nitrogen and oxygen atoms in total. The van der Waals surface area contributed by atoms with Gasteiger partial charge in [0.2, 0.25) is 0 Å². The summed E-state index contributed by atoms with van der Waals surface area (Å²) in [6.07, 6.45) is 0. The average Bonchev–Trinajstić information content (AvgIpc) is 2.18. The summed E-state index contributed by atoms with van der Waals surface area (Å²) < 4.78 is 0. The zero-order chi connectivity index (χ0) is 11.3. The number of carbonyl (C=O) groups excluding carboxylic acids is 1. The Morgan fingerprint density at radius 2 is 1.93 bits per heavy atom. The molecule has 0 aliphatic heterocycles. The number of amides is 1. The molecule has 1 aromatic rings. The van der Waals surface area contributed by atoms with Gasteiger partial charge in [-0.1, -0.05) is 11.6 Å². The summed E-state index contributed by atoms with van der Waals surface area (Å²) in [7, 11) is 3.93. The normalized spacial score (nSPS) is 10.4. The first kappa shape index (κ1) is 12.0. The zero-order valence-corrected chi connectivity index (χ0v) is 9.71. The molecule has 0 aliphatic carbocycles. The summed E-state index contributed by atoms with van der Waals surface area (Å²) in [6, 6.07) is 6.85. The molecule has 0 saturated heterocycles. The Morgan fingerprint density at radius 1 is 1.33 bits per heavy atom. The second kappa shape index (κ2) is 5.73. The second-order valence-corrected chi connectivity index (χ2v) is 4.00. The maximum absolute atomic E-state index is 11.6. The lowest BCUT2D eigenvalue weighted by molar-refractivity contribution is 0.0951. The lowest BCUT2D eigenvalue weighted by atomic mass is 10.2. The predicted molar refractivity (Wildman–Crippen MR) is 62.3 cm³/mol. The molecule has 0 radical (unpaired) electrons. The number of rotatable bonds is 4. The Morgan fingerprint density at radius 3 is 2.47 bits per heavy atom. The fourth-order valence-corrected chi connectivity index (χ4v) is 1.22. The topological polar surface area (TPSA) is 32.3 Å². The maximum Gasteiger partial charge on any atom is 0.251 e. The fraction of sp³-hybridized carbons (Fsp3) is 0.364. The van der Waals surface area contributed by atoms with E-state index in [1.54, 1.807) is 24.3 Å². The van der Waals surface area contributed by atoms with Crippen LogP contribution in [-0.4, -0.2) is 38.0 Å². The molecule has 0 aromatic heterocycles. The highest BCUT2D eigenvalue weighted by molar-refractivity contribution is 6.30. The zero-order valence-electron chi connectivity index (χ0n) is 8.96. The van der Waals surface area contributed by atoms with E-state index in [0.717, 1.165) is 6.54 Å². The summed E-state index contributed by atoms with van der Waals surface area (Å²) in [5, 5.41) is 3.46. The molecule has 0 heterocycles. The Labute approximate surface area is 95.0 Å². The summed E-state index contributed by atoms with van der Waals surface area (Å²) in [5.41, 5.74) is 0.637. The average molecular weight is 227 g/mol. The summed E-state index contributed by atoms with van der Waals surface area (Å²) in [4.78, 5) is 13.6. The number of nitrogens with one attached hydrogen (secondary N) is 1. The third-order valence-corrected chi connectivity index (χ3v) is 2.20. The van der Waals surface area contributed by atoms with E-state index in [1.807, 2.05) is 19.0 Å². The first-order chi connectivity index (χ1) is 7.09. The standard InChI is InChI=1S/C11H15ClN2O/c1-14(2)8-7-13-11(15)9-3-5-10(12)6-4-9/h3-6H,7-8H2,1-2H3,(H,13,15). The molecule has 1 N–H and O–H groups in total. The van der Waals surface area contributed by atoms with Crippen molar-refractivity contribution in [1.82, 2.24) is 10.2 Å². The smallest absolute Gasteiger partial charge is 0.251 e. The number of carbonyl (C=O) groups is 1. The van der Waals surface area contributed by atoms with Crippen LogP contribution in [0.4, 0.5) is 0 Å². The van der Waals surface area contributed by atoms with Gasteiger partial charge in [-0.05, 0) is 38.4 Å². The number of nitrogens with zero attached hydrogens (tertiary/aromatic N) is 1. The largest absolute Gasteiger partial charge is 0.351 e. The summed E-state index contributed by atoms with van der Waals surface area (Å²) in [5.74, 6) is -0.0616. The molecule has 1 rings (SSSR count). The van der Waals surface area contributed by atoms with E-state index in [4.69, 9.17) is 11.6 Å². The van der Waals surface area contributed by atoms with Gasteiger partial charge in [0.1, 0.15) is 0 Å². The van der Waals surface area contributed by atoms with Crippen molar-refractivity contribution in [2.45, 2.75) is 0 Å². The summed E-state index contributed by atoms with van der Waals surface area (Å²) >= 11 is 5.72. The van der Waals surface area contributed by atoms with Gasteiger partial charge in [-0.3, -0.25) is 4.79 Å². The minimum Gasteiger partial charge on any atom is -0.351 e. The molecule has 0 unspecified atom stereocenters. The number of halogens is 1. The maximum atomic E-state index is 11.6. The molecular weight excluding hydrogens is 212 g/mol. The highest BCUT2D eigenvalue weighted by atomic mass is 35.5. The monoisotopic (exact) mass is 226 g/mol. The highest BCUT2D eigenvalue weighted by Gasteiger charge is 2.03. The van der Waals surface area contributed by atoms with Gasteiger partial charge < -0.3 is 10.2 Å². The van der Waals surface area contributed by atoms with Crippen LogP contribution in [0.3, 0.4) is 0 Å². The molecule has 1 aromatic carbocycles. The minimum atomic E-state index is -0.0616. The second-order valence-electron chi connectivity index (χ2n) is 3.57. The van der Waals surface area contributed by atoms with Crippen molar-refractivity contribution in [2.75, 3.05) is 27.2 Å². The molecule has 4 heteroatoms. The predicted octanol–water partition coefficient (Wildman–Crippen LogP) is 1.63. The van der Waals surface area contributed by atoms with Gasteiger partial charge in [0.15, 0.2) is 0 Å².